The highest BCUT2D eigenvalue weighted by Crippen LogP contribution is 2.30. The fourth-order valence-corrected chi connectivity index (χ4v) is 4.06. The van der Waals surface area contributed by atoms with Gasteiger partial charge >= 0.3 is 0 Å². The highest BCUT2D eigenvalue weighted by atomic mass is 35.5. The van der Waals surface area contributed by atoms with Gasteiger partial charge in [-0.25, -0.2) is 13.1 Å². The Balaban J connectivity index is 2.08. The molecule has 0 heterocycles. The Morgan fingerprint density at radius 2 is 2.16 bits per heavy atom. The van der Waals surface area contributed by atoms with Crippen LogP contribution < -0.4 is 10.5 Å². The minimum absolute atomic E-state index is 0.0612. The van der Waals surface area contributed by atoms with E-state index in [2.05, 4.69) is 11.6 Å². The fourth-order valence-electron chi connectivity index (χ4n) is 2.56. The van der Waals surface area contributed by atoms with Crippen LogP contribution in [0.4, 0.5) is 5.69 Å². The van der Waals surface area contributed by atoms with Crippen LogP contribution in [-0.4, -0.2) is 15.0 Å². The summed E-state index contributed by atoms with van der Waals surface area (Å²) in [4.78, 5) is 0.0612. The lowest BCUT2D eigenvalue weighted by molar-refractivity contribution is 0.498. The summed E-state index contributed by atoms with van der Waals surface area (Å²) in [6.07, 6.45) is 3.33. The minimum Gasteiger partial charge on any atom is -0.398 e. The summed E-state index contributed by atoms with van der Waals surface area (Å²) in [5.74, 6) is 1.11. The van der Waals surface area contributed by atoms with Gasteiger partial charge in [0.2, 0.25) is 10.0 Å². The molecule has 0 spiro atoms. The molecular weight excluding hydrogens is 284 g/mol. The number of benzene rings is 1. The van der Waals surface area contributed by atoms with Crippen molar-refractivity contribution in [3.63, 3.8) is 0 Å². The highest BCUT2D eigenvalue weighted by Gasteiger charge is 2.24. The molecular formula is C13H19ClN2O2S. The monoisotopic (exact) mass is 302 g/mol. The van der Waals surface area contributed by atoms with E-state index in [0.29, 0.717) is 23.4 Å². The maximum atomic E-state index is 12.2. The molecule has 1 aliphatic rings. The van der Waals surface area contributed by atoms with E-state index in [1.807, 2.05) is 0 Å². The van der Waals surface area contributed by atoms with Crippen molar-refractivity contribution in [2.45, 2.75) is 31.1 Å². The van der Waals surface area contributed by atoms with Gasteiger partial charge in [0.1, 0.15) is 4.90 Å². The molecule has 19 heavy (non-hydrogen) atoms. The molecule has 6 heteroatoms. The number of rotatable bonds is 4. The third-order valence-electron chi connectivity index (χ3n) is 3.63. The molecule has 0 amide bonds. The van der Waals surface area contributed by atoms with E-state index >= 15 is 0 Å². The van der Waals surface area contributed by atoms with E-state index in [9.17, 15) is 8.42 Å². The van der Waals surface area contributed by atoms with Crippen molar-refractivity contribution in [1.82, 2.24) is 4.72 Å². The summed E-state index contributed by atoms with van der Waals surface area (Å²) in [5, 5.41) is 0.365. The molecule has 2 unspecified atom stereocenters. The molecule has 0 radical (unpaired) electrons. The Bertz CT molecular complexity index is 560. The summed E-state index contributed by atoms with van der Waals surface area (Å²) in [6, 6.07) is 4.47. The minimum atomic E-state index is -3.58. The Kier molecular flexibility index (Phi) is 4.38. The molecule has 1 aliphatic carbocycles. The third kappa shape index (κ3) is 3.61. The van der Waals surface area contributed by atoms with Crippen molar-refractivity contribution in [2.24, 2.45) is 11.8 Å². The van der Waals surface area contributed by atoms with E-state index in [1.54, 1.807) is 6.07 Å². The molecule has 2 rings (SSSR count). The second kappa shape index (κ2) is 5.69. The second-order valence-electron chi connectivity index (χ2n) is 5.32. The van der Waals surface area contributed by atoms with Gasteiger partial charge in [-0.1, -0.05) is 24.9 Å². The van der Waals surface area contributed by atoms with E-state index in [4.69, 9.17) is 17.3 Å². The van der Waals surface area contributed by atoms with Crippen LogP contribution in [0, 0.1) is 11.8 Å². The quantitative estimate of drug-likeness (QED) is 0.840. The average Bonchev–Trinajstić information content (AvgIpc) is 2.76. The smallest absolute Gasteiger partial charge is 0.242 e. The lowest BCUT2D eigenvalue weighted by Crippen LogP contribution is -2.29. The molecule has 0 saturated heterocycles. The van der Waals surface area contributed by atoms with E-state index in [-0.39, 0.29) is 10.6 Å². The standard InChI is InChI=1S/C13H19ClN2O2S/c1-9-2-3-10(6-9)8-16-19(17,18)13-7-11(14)4-5-12(13)15/h4-5,7,9-10,16H,2-3,6,8,15H2,1H3. The molecule has 3 N–H and O–H groups in total. The van der Waals surface area contributed by atoms with E-state index < -0.39 is 10.0 Å². The number of nitrogen functional groups attached to an aromatic ring is 1. The van der Waals surface area contributed by atoms with Crippen LogP contribution in [-0.2, 0) is 10.0 Å². The number of nitrogens with one attached hydrogen (secondary N) is 1. The van der Waals surface area contributed by atoms with Crippen LogP contribution in [0.15, 0.2) is 23.1 Å². The topological polar surface area (TPSA) is 72.2 Å². The Labute approximate surface area is 119 Å². The predicted molar refractivity (Wildman–Crippen MR) is 77.6 cm³/mol. The van der Waals surface area contributed by atoms with Gasteiger partial charge < -0.3 is 5.73 Å². The zero-order valence-electron chi connectivity index (χ0n) is 10.9. The fraction of sp³-hybridized carbons (Fsp3) is 0.538. The summed E-state index contributed by atoms with van der Waals surface area (Å²) in [5.41, 5.74) is 5.92. The Morgan fingerprint density at radius 1 is 1.42 bits per heavy atom. The lowest BCUT2D eigenvalue weighted by Gasteiger charge is -2.13. The molecule has 0 aromatic heterocycles. The van der Waals surface area contributed by atoms with Crippen molar-refractivity contribution in [3.05, 3.63) is 23.2 Å². The molecule has 106 valence electrons. The number of hydrogen-bond acceptors (Lipinski definition) is 3. The van der Waals surface area contributed by atoms with Crippen LogP contribution in [0.3, 0.4) is 0 Å². The molecule has 1 aromatic rings. The normalized spacial score (nSPS) is 23.7. The van der Waals surface area contributed by atoms with E-state index in [0.717, 1.165) is 12.8 Å². The molecule has 1 saturated carbocycles. The van der Waals surface area contributed by atoms with Gasteiger partial charge in [0.05, 0.1) is 5.69 Å². The van der Waals surface area contributed by atoms with Gasteiger partial charge in [-0.2, -0.15) is 0 Å². The first-order chi connectivity index (χ1) is 8.88. The van der Waals surface area contributed by atoms with Crippen LogP contribution in [0.2, 0.25) is 5.02 Å². The number of anilines is 1. The Morgan fingerprint density at radius 3 is 2.79 bits per heavy atom. The largest absolute Gasteiger partial charge is 0.398 e. The third-order valence-corrected chi connectivity index (χ3v) is 5.34. The van der Waals surface area contributed by atoms with Crippen LogP contribution in [0.5, 0.6) is 0 Å². The Hall–Kier alpha value is -0.780. The lowest BCUT2D eigenvalue weighted by atomic mass is 10.1. The summed E-state index contributed by atoms with van der Waals surface area (Å²) >= 11 is 5.82. The van der Waals surface area contributed by atoms with Crippen molar-refractivity contribution in [1.29, 1.82) is 0 Å². The van der Waals surface area contributed by atoms with Crippen LogP contribution in [0.1, 0.15) is 26.2 Å². The molecule has 1 fully saturated rings. The number of halogens is 1. The summed E-state index contributed by atoms with van der Waals surface area (Å²) in [7, 11) is -3.58. The number of sulfonamides is 1. The summed E-state index contributed by atoms with van der Waals surface area (Å²) in [6.45, 7) is 2.67. The summed E-state index contributed by atoms with van der Waals surface area (Å²) < 4.78 is 27.0. The van der Waals surface area contributed by atoms with Gasteiger partial charge in [0.25, 0.3) is 0 Å². The van der Waals surface area contributed by atoms with Crippen molar-refractivity contribution in [3.8, 4) is 0 Å². The molecule has 4 nitrogen and oxygen atoms in total. The van der Waals surface area contributed by atoms with Gasteiger partial charge in [-0.05, 0) is 42.9 Å². The number of hydrogen-bond donors (Lipinski definition) is 2. The predicted octanol–water partition coefficient (Wildman–Crippen LogP) is 2.64. The first-order valence-electron chi connectivity index (χ1n) is 6.43. The maximum Gasteiger partial charge on any atom is 0.242 e. The highest BCUT2D eigenvalue weighted by molar-refractivity contribution is 7.89. The molecule has 0 aliphatic heterocycles. The van der Waals surface area contributed by atoms with Gasteiger partial charge in [0.15, 0.2) is 0 Å². The zero-order valence-corrected chi connectivity index (χ0v) is 12.5. The van der Waals surface area contributed by atoms with Crippen molar-refractivity contribution < 1.29 is 8.42 Å². The molecule has 2 atom stereocenters. The first-order valence-corrected chi connectivity index (χ1v) is 8.29. The van der Waals surface area contributed by atoms with Gasteiger partial charge in [-0.3, -0.25) is 0 Å². The second-order valence-corrected chi connectivity index (χ2v) is 7.49. The van der Waals surface area contributed by atoms with Crippen LogP contribution in [0.25, 0.3) is 0 Å². The average molecular weight is 303 g/mol. The molecule has 0 bridgehead atoms. The van der Waals surface area contributed by atoms with Crippen molar-refractivity contribution >= 4 is 27.3 Å². The zero-order chi connectivity index (χ0) is 14.0. The first kappa shape index (κ1) is 14.6. The molecule has 1 aromatic carbocycles. The van der Waals surface area contributed by atoms with Gasteiger partial charge in [-0.15, -0.1) is 0 Å². The van der Waals surface area contributed by atoms with Crippen molar-refractivity contribution in [2.75, 3.05) is 12.3 Å². The number of nitrogens with two attached hydrogens (primary N) is 1. The van der Waals surface area contributed by atoms with Gasteiger partial charge in [0, 0.05) is 11.6 Å². The maximum absolute atomic E-state index is 12.2. The van der Waals surface area contributed by atoms with Crippen LogP contribution >= 0.6 is 11.6 Å². The van der Waals surface area contributed by atoms with E-state index in [1.165, 1.54) is 18.6 Å². The SMILES string of the molecule is CC1CCC(CNS(=O)(=O)c2cc(Cl)ccc2N)C1.